The number of anilines is 3. The van der Waals surface area contributed by atoms with E-state index < -0.39 is 0 Å². The van der Waals surface area contributed by atoms with E-state index in [1.807, 2.05) is 0 Å². The highest BCUT2D eigenvalue weighted by Crippen LogP contribution is 2.35. The molecule has 4 aromatic rings. The van der Waals surface area contributed by atoms with Gasteiger partial charge in [0.2, 0.25) is 0 Å². The summed E-state index contributed by atoms with van der Waals surface area (Å²) in [4.78, 5) is 2.26. The van der Waals surface area contributed by atoms with E-state index in [0.29, 0.717) is 0 Å². The van der Waals surface area contributed by atoms with Crippen molar-refractivity contribution in [3.63, 3.8) is 0 Å². The molecule has 0 saturated heterocycles. The summed E-state index contributed by atoms with van der Waals surface area (Å²) < 4.78 is 2.14. The van der Waals surface area contributed by atoms with Crippen LogP contribution in [0.3, 0.4) is 0 Å². The smallest absolute Gasteiger partial charge is 0.0462 e. The summed E-state index contributed by atoms with van der Waals surface area (Å²) in [6, 6.07) is 34.0. The SMILES string of the molecule is Cc1ccc(/C=C/c2ccc(N(c3ccc(Br)cc3)c3ccc(Br)cc3)cc2)cc1. The maximum atomic E-state index is 3.53. The number of rotatable bonds is 5. The first kappa shape index (κ1) is 20.6. The van der Waals surface area contributed by atoms with Gasteiger partial charge in [0.25, 0.3) is 0 Å². The zero-order valence-corrected chi connectivity index (χ0v) is 19.8. The summed E-state index contributed by atoms with van der Waals surface area (Å²) in [5.74, 6) is 0. The third kappa shape index (κ3) is 5.10. The van der Waals surface area contributed by atoms with E-state index in [1.54, 1.807) is 0 Å². The minimum absolute atomic E-state index is 1.07. The molecular weight excluding hydrogens is 498 g/mol. The van der Waals surface area contributed by atoms with Crippen LogP contribution < -0.4 is 4.90 Å². The molecular formula is C27H21Br2N. The molecule has 0 unspecified atom stereocenters. The van der Waals surface area contributed by atoms with Crippen LogP contribution in [0.25, 0.3) is 12.2 Å². The highest BCUT2D eigenvalue weighted by molar-refractivity contribution is 9.10. The van der Waals surface area contributed by atoms with E-state index in [1.165, 1.54) is 16.7 Å². The summed E-state index contributed by atoms with van der Waals surface area (Å²) >= 11 is 7.07. The van der Waals surface area contributed by atoms with E-state index in [-0.39, 0.29) is 0 Å². The van der Waals surface area contributed by atoms with Gasteiger partial charge in [0.1, 0.15) is 0 Å². The monoisotopic (exact) mass is 517 g/mol. The highest BCUT2D eigenvalue weighted by atomic mass is 79.9. The second kappa shape index (κ2) is 9.46. The molecule has 0 aromatic heterocycles. The average molecular weight is 519 g/mol. The topological polar surface area (TPSA) is 3.24 Å². The van der Waals surface area contributed by atoms with Gasteiger partial charge in [-0.15, -0.1) is 0 Å². The summed E-state index contributed by atoms with van der Waals surface area (Å²) in [6.07, 6.45) is 4.30. The maximum absolute atomic E-state index is 3.53. The predicted octanol–water partition coefficient (Wildman–Crippen LogP) is 9.16. The van der Waals surface area contributed by atoms with Gasteiger partial charge in [-0.05, 0) is 78.7 Å². The fourth-order valence-electron chi connectivity index (χ4n) is 3.23. The number of nitrogens with zero attached hydrogens (tertiary/aromatic N) is 1. The molecule has 0 atom stereocenters. The van der Waals surface area contributed by atoms with Crippen LogP contribution in [0.4, 0.5) is 17.1 Å². The molecule has 148 valence electrons. The number of benzene rings is 4. The number of hydrogen-bond donors (Lipinski definition) is 0. The standard InChI is InChI=1S/C27H21Br2N/c1-20-2-4-21(5-3-20)6-7-22-8-14-25(15-9-22)30(26-16-10-23(28)11-17-26)27-18-12-24(29)13-19-27/h2-19H,1H3/b7-6+. The van der Waals surface area contributed by atoms with Crippen LogP contribution in [0, 0.1) is 6.92 Å². The van der Waals surface area contributed by atoms with Crippen molar-refractivity contribution in [2.75, 3.05) is 4.90 Å². The highest BCUT2D eigenvalue weighted by Gasteiger charge is 2.12. The van der Waals surface area contributed by atoms with Crippen molar-refractivity contribution < 1.29 is 0 Å². The summed E-state index contributed by atoms with van der Waals surface area (Å²) in [6.45, 7) is 2.11. The lowest BCUT2D eigenvalue weighted by molar-refractivity contribution is 1.28. The molecule has 0 aliphatic rings. The third-order valence-electron chi connectivity index (χ3n) is 4.87. The van der Waals surface area contributed by atoms with Gasteiger partial charge in [-0.2, -0.15) is 0 Å². The summed E-state index contributed by atoms with van der Waals surface area (Å²) in [7, 11) is 0. The Kier molecular flexibility index (Phi) is 6.51. The summed E-state index contributed by atoms with van der Waals surface area (Å²) in [5, 5.41) is 0. The molecule has 0 heterocycles. The Balaban J connectivity index is 1.64. The molecule has 0 radical (unpaired) electrons. The van der Waals surface area contributed by atoms with Crippen molar-refractivity contribution in [3.05, 3.63) is 123 Å². The Morgan fingerprint density at radius 2 is 0.833 bits per heavy atom. The molecule has 3 heteroatoms. The molecule has 0 amide bonds. The minimum Gasteiger partial charge on any atom is -0.311 e. The van der Waals surface area contributed by atoms with E-state index in [9.17, 15) is 0 Å². The first-order chi connectivity index (χ1) is 14.6. The molecule has 0 fully saturated rings. The first-order valence-electron chi connectivity index (χ1n) is 9.74. The van der Waals surface area contributed by atoms with Crippen molar-refractivity contribution in [1.82, 2.24) is 0 Å². The largest absolute Gasteiger partial charge is 0.311 e. The lowest BCUT2D eigenvalue weighted by atomic mass is 10.1. The van der Waals surface area contributed by atoms with E-state index >= 15 is 0 Å². The van der Waals surface area contributed by atoms with Gasteiger partial charge >= 0.3 is 0 Å². The fourth-order valence-corrected chi connectivity index (χ4v) is 3.76. The van der Waals surface area contributed by atoms with Crippen molar-refractivity contribution in [1.29, 1.82) is 0 Å². The predicted molar refractivity (Wildman–Crippen MR) is 137 cm³/mol. The normalized spacial score (nSPS) is 11.0. The average Bonchev–Trinajstić information content (AvgIpc) is 2.77. The van der Waals surface area contributed by atoms with Crippen LogP contribution in [0.2, 0.25) is 0 Å². The molecule has 0 bridgehead atoms. The van der Waals surface area contributed by atoms with Crippen molar-refractivity contribution >= 4 is 61.1 Å². The lowest BCUT2D eigenvalue weighted by Gasteiger charge is -2.25. The number of halogens is 2. The van der Waals surface area contributed by atoms with Gasteiger partial charge in [-0.1, -0.05) is 86.0 Å². The van der Waals surface area contributed by atoms with Crippen LogP contribution in [-0.2, 0) is 0 Å². The molecule has 0 saturated carbocycles. The Morgan fingerprint density at radius 1 is 0.500 bits per heavy atom. The van der Waals surface area contributed by atoms with E-state index in [4.69, 9.17) is 0 Å². The molecule has 0 aliphatic heterocycles. The van der Waals surface area contributed by atoms with Crippen molar-refractivity contribution in [3.8, 4) is 0 Å². The maximum Gasteiger partial charge on any atom is 0.0462 e. The zero-order valence-electron chi connectivity index (χ0n) is 16.6. The number of hydrogen-bond acceptors (Lipinski definition) is 1. The van der Waals surface area contributed by atoms with Gasteiger partial charge in [0, 0.05) is 26.0 Å². The second-order valence-electron chi connectivity index (χ2n) is 7.12. The molecule has 0 aliphatic carbocycles. The van der Waals surface area contributed by atoms with E-state index in [2.05, 4.69) is 153 Å². The Morgan fingerprint density at radius 3 is 1.23 bits per heavy atom. The Labute approximate surface area is 195 Å². The van der Waals surface area contributed by atoms with Gasteiger partial charge in [0.05, 0.1) is 0 Å². The summed E-state index contributed by atoms with van der Waals surface area (Å²) in [5.41, 5.74) is 7.00. The Bertz CT molecular complexity index is 1080. The van der Waals surface area contributed by atoms with Gasteiger partial charge in [0.15, 0.2) is 0 Å². The van der Waals surface area contributed by atoms with Gasteiger partial charge in [-0.25, -0.2) is 0 Å². The van der Waals surface area contributed by atoms with Crippen LogP contribution in [0.15, 0.2) is 106 Å². The lowest BCUT2D eigenvalue weighted by Crippen LogP contribution is -2.09. The van der Waals surface area contributed by atoms with Crippen LogP contribution in [-0.4, -0.2) is 0 Å². The fraction of sp³-hybridized carbons (Fsp3) is 0.0370. The molecule has 1 nitrogen and oxygen atoms in total. The van der Waals surface area contributed by atoms with Crippen LogP contribution in [0.1, 0.15) is 16.7 Å². The first-order valence-corrected chi connectivity index (χ1v) is 11.3. The van der Waals surface area contributed by atoms with Gasteiger partial charge in [-0.3, -0.25) is 0 Å². The van der Waals surface area contributed by atoms with Crippen LogP contribution >= 0.6 is 31.9 Å². The van der Waals surface area contributed by atoms with Gasteiger partial charge < -0.3 is 4.90 Å². The van der Waals surface area contributed by atoms with Crippen LogP contribution in [0.5, 0.6) is 0 Å². The molecule has 30 heavy (non-hydrogen) atoms. The zero-order chi connectivity index (χ0) is 20.9. The number of aryl methyl sites for hydroxylation is 1. The molecule has 0 spiro atoms. The third-order valence-corrected chi connectivity index (χ3v) is 5.92. The van der Waals surface area contributed by atoms with Crippen molar-refractivity contribution in [2.24, 2.45) is 0 Å². The van der Waals surface area contributed by atoms with Crippen molar-refractivity contribution in [2.45, 2.75) is 6.92 Å². The molecule has 4 aromatic carbocycles. The van der Waals surface area contributed by atoms with E-state index in [0.717, 1.165) is 26.0 Å². The molecule has 4 rings (SSSR count). The quantitative estimate of drug-likeness (QED) is 0.238. The Hall–Kier alpha value is -2.62. The second-order valence-corrected chi connectivity index (χ2v) is 8.96. The minimum atomic E-state index is 1.07. The molecule has 0 N–H and O–H groups in total.